The second-order valence-corrected chi connectivity index (χ2v) is 7.83. The molecule has 134 valence electrons. The lowest BCUT2D eigenvalue weighted by molar-refractivity contribution is 0.0958. The first kappa shape index (κ1) is 18.1. The lowest BCUT2D eigenvalue weighted by Crippen LogP contribution is -2.24. The number of amides is 1. The molecule has 0 atom stereocenters. The van der Waals surface area contributed by atoms with Crippen LogP contribution in [-0.4, -0.2) is 25.7 Å². The van der Waals surface area contributed by atoms with Gasteiger partial charge in [0.15, 0.2) is 11.5 Å². The standard InChI is InChI=1S/C19H23NO3S2/c1-3-22-15-6-5-13(9-16(15)23-4-2)7-8-20-19(21)17-10-14-11-24-12-18(14)25-17/h5-6,9-10H,3-4,7-8,11-12H2,1-2H3,(H,20,21). The highest BCUT2D eigenvalue weighted by atomic mass is 32.2. The fraction of sp³-hybridized carbons (Fsp3) is 0.421. The van der Waals surface area contributed by atoms with Gasteiger partial charge >= 0.3 is 0 Å². The summed E-state index contributed by atoms with van der Waals surface area (Å²) in [5.74, 6) is 3.63. The average molecular weight is 378 g/mol. The summed E-state index contributed by atoms with van der Waals surface area (Å²) in [4.78, 5) is 14.5. The van der Waals surface area contributed by atoms with Gasteiger partial charge in [-0.1, -0.05) is 6.07 Å². The molecule has 3 rings (SSSR count). The van der Waals surface area contributed by atoms with Crippen LogP contribution in [0.15, 0.2) is 24.3 Å². The number of thiophene rings is 1. The zero-order valence-corrected chi connectivity index (χ0v) is 16.2. The Kier molecular flexibility index (Phi) is 6.26. The van der Waals surface area contributed by atoms with Crippen LogP contribution in [0.4, 0.5) is 0 Å². The van der Waals surface area contributed by atoms with E-state index in [9.17, 15) is 4.79 Å². The molecular weight excluding hydrogens is 354 g/mol. The number of ether oxygens (including phenoxy) is 2. The maximum Gasteiger partial charge on any atom is 0.261 e. The Labute approximate surface area is 156 Å². The van der Waals surface area contributed by atoms with Gasteiger partial charge in [0.25, 0.3) is 5.91 Å². The molecular formula is C19H23NO3S2. The number of rotatable bonds is 8. The third-order valence-electron chi connectivity index (χ3n) is 3.92. The molecule has 0 unspecified atom stereocenters. The molecule has 1 N–H and O–H groups in total. The van der Waals surface area contributed by atoms with E-state index < -0.39 is 0 Å². The summed E-state index contributed by atoms with van der Waals surface area (Å²) in [6.07, 6.45) is 0.763. The van der Waals surface area contributed by atoms with E-state index in [0.29, 0.717) is 19.8 Å². The van der Waals surface area contributed by atoms with Crippen LogP contribution in [0.5, 0.6) is 11.5 Å². The van der Waals surface area contributed by atoms with Crippen LogP contribution >= 0.6 is 23.1 Å². The van der Waals surface area contributed by atoms with Crippen molar-refractivity contribution in [1.82, 2.24) is 5.32 Å². The molecule has 2 heterocycles. The van der Waals surface area contributed by atoms with Crippen molar-refractivity contribution in [1.29, 1.82) is 0 Å². The zero-order chi connectivity index (χ0) is 17.6. The van der Waals surface area contributed by atoms with E-state index in [-0.39, 0.29) is 5.91 Å². The van der Waals surface area contributed by atoms with Gasteiger partial charge in [-0.15, -0.1) is 11.3 Å². The molecule has 4 nitrogen and oxygen atoms in total. The highest BCUT2D eigenvalue weighted by molar-refractivity contribution is 7.98. The second kappa shape index (κ2) is 8.63. The lowest BCUT2D eigenvalue weighted by atomic mass is 10.1. The maximum absolute atomic E-state index is 12.3. The van der Waals surface area contributed by atoms with Crippen LogP contribution in [0.25, 0.3) is 0 Å². The molecule has 0 saturated heterocycles. The molecule has 0 aliphatic carbocycles. The summed E-state index contributed by atoms with van der Waals surface area (Å²) in [6, 6.07) is 8.00. The molecule has 0 radical (unpaired) electrons. The molecule has 0 spiro atoms. The van der Waals surface area contributed by atoms with E-state index in [4.69, 9.17) is 9.47 Å². The second-order valence-electron chi connectivity index (χ2n) is 5.70. The number of nitrogens with one attached hydrogen (secondary N) is 1. The van der Waals surface area contributed by atoms with Crippen molar-refractivity contribution in [3.05, 3.63) is 45.1 Å². The minimum Gasteiger partial charge on any atom is -0.490 e. The van der Waals surface area contributed by atoms with Crippen LogP contribution in [0.2, 0.25) is 0 Å². The Hall–Kier alpha value is -1.66. The van der Waals surface area contributed by atoms with Crippen molar-refractivity contribution in [2.24, 2.45) is 0 Å². The SMILES string of the molecule is CCOc1ccc(CCNC(=O)c2cc3c(s2)CSC3)cc1OCC. The monoisotopic (exact) mass is 377 g/mol. The van der Waals surface area contributed by atoms with Crippen LogP contribution in [-0.2, 0) is 17.9 Å². The van der Waals surface area contributed by atoms with Crippen LogP contribution < -0.4 is 14.8 Å². The van der Waals surface area contributed by atoms with E-state index >= 15 is 0 Å². The Bertz CT molecular complexity index is 721. The van der Waals surface area contributed by atoms with Crippen LogP contribution in [0.1, 0.15) is 39.5 Å². The fourth-order valence-corrected chi connectivity index (χ4v) is 5.16. The molecule has 0 fully saturated rings. The van der Waals surface area contributed by atoms with E-state index in [2.05, 4.69) is 5.32 Å². The Balaban J connectivity index is 1.55. The Morgan fingerprint density at radius 3 is 2.68 bits per heavy atom. The summed E-state index contributed by atoms with van der Waals surface area (Å²) in [7, 11) is 0. The number of hydrogen-bond donors (Lipinski definition) is 1. The van der Waals surface area contributed by atoms with Gasteiger partial charge in [0.2, 0.25) is 0 Å². The normalized spacial score (nSPS) is 12.7. The largest absolute Gasteiger partial charge is 0.490 e. The first-order valence-electron chi connectivity index (χ1n) is 8.57. The number of thioether (sulfide) groups is 1. The van der Waals surface area contributed by atoms with Gasteiger partial charge in [0, 0.05) is 22.9 Å². The van der Waals surface area contributed by atoms with Crippen LogP contribution in [0.3, 0.4) is 0 Å². The van der Waals surface area contributed by atoms with Crippen molar-refractivity contribution in [3.8, 4) is 11.5 Å². The van der Waals surface area contributed by atoms with E-state index in [0.717, 1.165) is 39.9 Å². The smallest absolute Gasteiger partial charge is 0.261 e. The van der Waals surface area contributed by atoms with Crippen molar-refractivity contribution in [2.75, 3.05) is 19.8 Å². The Morgan fingerprint density at radius 2 is 1.92 bits per heavy atom. The van der Waals surface area contributed by atoms with E-state index in [1.54, 1.807) is 11.3 Å². The summed E-state index contributed by atoms with van der Waals surface area (Å²) in [5, 5.41) is 3.02. The topological polar surface area (TPSA) is 47.6 Å². The Morgan fingerprint density at radius 1 is 1.12 bits per heavy atom. The first-order chi connectivity index (χ1) is 12.2. The fourth-order valence-electron chi connectivity index (χ4n) is 2.73. The minimum absolute atomic E-state index is 0.0281. The summed E-state index contributed by atoms with van der Waals surface area (Å²) in [6.45, 7) is 5.73. The summed E-state index contributed by atoms with van der Waals surface area (Å²) in [5.41, 5.74) is 2.45. The quantitative estimate of drug-likeness (QED) is 0.746. The lowest BCUT2D eigenvalue weighted by Gasteiger charge is -2.12. The van der Waals surface area contributed by atoms with E-state index in [1.807, 2.05) is 49.9 Å². The van der Waals surface area contributed by atoms with Gasteiger partial charge in [-0.2, -0.15) is 11.8 Å². The maximum atomic E-state index is 12.3. The molecule has 1 aliphatic heterocycles. The summed E-state index contributed by atoms with van der Waals surface area (Å²) >= 11 is 3.53. The number of carbonyl (C=O) groups is 1. The molecule has 0 saturated carbocycles. The van der Waals surface area contributed by atoms with Crippen LogP contribution in [0, 0.1) is 0 Å². The number of benzene rings is 1. The number of fused-ring (bicyclic) bond motifs is 1. The predicted molar refractivity (Wildman–Crippen MR) is 104 cm³/mol. The molecule has 1 aromatic heterocycles. The van der Waals surface area contributed by atoms with Gasteiger partial charge in [-0.05, 0) is 49.6 Å². The number of hydrogen-bond acceptors (Lipinski definition) is 5. The highest BCUT2D eigenvalue weighted by Gasteiger charge is 2.18. The molecule has 1 aliphatic rings. The van der Waals surface area contributed by atoms with Gasteiger partial charge in [0.1, 0.15) is 0 Å². The molecule has 0 bridgehead atoms. The van der Waals surface area contributed by atoms with Crippen molar-refractivity contribution in [2.45, 2.75) is 31.8 Å². The highest BCUT2D eigenvalue weighted by Crippen LogP contribution is 2.36. The molecule has 1 amide bonds. The predicted octanol–water partition coefficient (Wildman–Crippen LogP) is 4.26. The average Bonchev–Trinajstić information content (AvgIpc) is 3.19. The van der Waals surface area contributed by atoms with Gasteiger partial charge < -0.3 is 14.8 Å². The van der Waals surface area contributed by atoms with Gasteiger partial charge in [-0.3, -0.25) is 4.79 Å². The third-order valence-corrected chi connectivity index (χ3v) is 6.28. The third kappa shape index (κ3) is 4.50. The van der Waals surface area contributed by atoms with E-state index in [1.165, 1.54) is 10.4 Å². The van der Waals surface area contributed by atoms with Crippen molar-refractivity contribution >= 4 is 29.0 Å². The first-order valence-corrected chi connectivity index (χ1v) is 10.5. The zero-order valence-electron chi connectivity index (χ0n) is 14.6. The minimum atomic E-state index is 0.0281. The summed E-state index contributed by atoms with van der Waals surface area (Å²) < 4.78 is 11.2. The van der Waals surface area contributed by atoms with Crippen molar-refractivity contribution in [3.63, 3.8) is 0 Å². The van der Waals surface area contributed by atoms with Gasteiger partial charge in [-0.25, -0.2) is 0 Å². The molecule has 2 aromatic rings. The molecule has 1 aromatic carbocycles. The molecule has 6 heteroatoms. The molecule has 25 heavy (non-hydrogen) atoms. The number of carbonyl (C=O) groups excluding carboxylic acids is 1. The van der Waals surface area contributed by atoms with Gasteiger partial charge in [0.05, 0.1) is 18.1 Å². The van der Waals surface area contributed by atoms with Crippen molar-refractivity contribution < 1.29 is 14.3 Å².